The van der Waals surface area contributed by atoms with Crippen LogP contribution in [0, 0.1) is 0 Å². The largest absolute Gasteiger partial charge is 0.506 e. The Bertz CT molecular complexity index is 622. The number of hydrogen-bond acceptors (Lipinski definition) is 4. The third-order valence-corrected chi connectivity index (χ3v) is 4.55. The highest BCUT2D eigenvalue weighted by Crippen LogP contribution is 2.43. The number of aromatic nitrogens is 1. The first-order valence-corrected chi connectivity index (χ1v) is 7.21. The minimum Gasteiger partial charge on any atom is -0.506 e. The van der Waals surface area contributed by atoms with Crippen molar-refractivity contribution in [2.24, 2.45) is 0 Å². The summed E-state index contributed by atoms with van der Waals surface area (Å²) in [6.45, 7) is 0. The molecule has 0 saturated carbocycles. The van der Waals surface area contributed by atoms with Crippen LogP contribution in [0.4, 0.5) is 5.88 Å². The van der Waals surface area contributed by atoms with Gasteiger partial charge in [0.2, 0.25) is 5.88 Å². The monoisotopic (exact) mass is 322 g/mol. The fraction of sp³-hybridized carbons (Fsp3) is 0.357. The van der Waals surface area contributed by atoms with E-state index in [4.69, 9.17) is 10.3 Å². The Balaban J connectivity index is 2.19. The quantitative estimate of drug-likeness (QED) is 0.786. The van der Waals surface area contributed by atoms with Gasteiger partial charge in [0.25, 0.3) is 0 Å². The average molecular weight is 323 g/mol. The van der Waals surface area contributed by atoms with Crippen LogP contribution in [-0.4, -0.2) is 10.3 Å². The predicted octanol–water partition coefficient (Wildman–Crippen LogP) is 3.66. The Labute approximate surface area is 119 Å². The summed E-state index contributed by atoms with van der Waals surface area (Å²) in [5, 5.41) is 14.0. The second kappa shape index (κ2) is 4.89. The molecule has 0 unspecified atom stereocenters. The van der Waals surface area contributed by atoms with Gasteiger partial charge in [0.1, 0.15) is 5.75 Å². The molecule has 1 aliphatic rings. The van der Waals surface area contributed by atoms with Gasteiger partial charge >= 0.3 is 0 Å². The predicted molar refractivity (Wildman–Crippen MR) is 77.0 cm³/mol. The second-order valence-corrected chi connectivity index (χ2v) is 5.68. The van der Waals surface area contributed by atoms with E-state index in [0.717, 1.165) is 17.3 Å². The highest BCUT2D eigenvalue weighted by Gasteiger charge is 2.20. The number of nitrogens with two attached hydrogens (primary N) is 1. The number of rotatable bonds is 1. The maximum Gasteiger partial charge on any atom is 0.230 e. The van der Waals surface area contributed by atoms with Crippen molar-refractivity contribution >= 4 is 21.8 Å². The number of hydrogen-bond donors (Lipinski definition) is 2. The SMILES string of the molecule is Nc1oncc1-c1cc2c(c(Br)c1O)CCCCC2. The molecule has 100 valence electrons. The fourth-order valence-electron chi connectivity index (χ4n) is 2.68. The Morgan fingerprint density at radius 3 is 2.74 bits per heavy atom. The summed E-state index contributed by atoms with van der Waals surface area (Å²) in [6, 6.07) is 2.02. The van der Waals surface area contributed by atoms with Crippen LogP contribution in [0.1, 0.15) is 30.4 Å². The average Bonchev–Trinajstić information content (AvgIpc) is 2.68. The molecule has 1 heterocycles. The molecular weight excluding hydrogens is 308 g/mol. The molecule has 1 aromatic heterocycles. The lowest BCUT2D eigenvalue weighted by molar-refractivity contribution is 0.436. The van der Waals surface area contributed by atoms with Gasteiger partial charge in [0, 0.05) is 5.56 Å². The lowest BCUT2D eigenvalue weighted by atomic mass is 9.96. The topological polar surface area (TPSA) is 72.3 Å². The molecule has 4 nitrogen and oxygen atoms in total. The van der Waals surface area contributed by atoms with E-state index in [0.29, 0.717) is 11.1 Å². The molecule has 0 fully saturated rings. The van der Waals surface area contributed by atoms with Crippen LogP contribution in [0.5, 0.6) is 5.75 Å². The first kappa shape index (κ1) is 12.5. The number of nitrogens with zero attached hydrogens (tertiary/aromatic N) is 1. The lowest BCUT2D eigenvalue weighted by Crippen LogP contribution is -1.96. The van der Waals surface area contributed by atoms with Crippen LogP contribution >= 0.6 is 15.9 Å². The molecule has 0 radical (unpaired) electrons. The van der Waals surface area contributed by atoms with Gasteiger partial charge in [-0.25, -0.2) is 0 Å². The first-order chi connectivity index (χ1) is 9.18. The minimum atomic E-state index is 0.218. The van der Waals surface area contributed by atoms with E-state index in [-0.39, 0.29) is 11.6 Å². The number of nitrogen functional groups attached to an aromatic ring is 1. The van der Waals surface area contributed by atoms with Gasteiger partial charge < -0.3 is 15.4 Å². The maximum atomic E-state index is 10.4. The van der Waals surface area contributed by atoms with E-state index in [9.17, 15) is 5.11 Å². The number of fused-ring (bicyclic) bond motifs is 1. The van der Waals surface area contributed by atoms with Crippen LogP contribution in [0.15, 0.2) is 21.3 Å². The zero-order chi connectivity index (χ0) is 13.4. The number of phenolic OH excluding ortho intramolecular Hbond substituents is 1. The Morgan fingerprint density at radius 2 is 2.00 bits per heavy atom. The lowest BCUT2D eigenvalue weighted by Gasteiger charge is -2.13. The second-order valence-electron chi connectivity index (χ2n) is 4.89. The molecule has 2 aromatic rings. The number of aryl methyl sites for hydroxylation is 1. The molecule has 19 heavy (non-hydrogen) atoms. The number of benzene rings is 1. The van der Waals surface area contributed by atoms with Crippen LogP contribution in [0.25, 0.3) is 11.1 Å². The van der Waals surface area contributed by atoms with E-state index >= 15 is 0 Å². The molecule has 0 amide bonds. The number of anilines is 1. The molecule has 0 bridgehead atoms. The van der Waals surface area contributed by atoms with Crippen molar-refractivity contribution in [3.8, 4) is 16.9 Å². The summed E-state index contributed by atoms with van der Waals surface area (Å²) < 4.78 is 5.66. The summed E-state index contributed by atoms with van der Waals surface area (Å²) in [5.74, 6) is 0.450. The zero-order valence-corrected chi connectivity index (χ0v) is 12.0. The van der Waals surface area contributed by atoms with E-state index in [1.54, 1.807) is 6.20 Å². The third-order valence-electron chi connectivity index (χ3n) is 3.70. The van der Waals surface area contributed by atoms with E-state index in [1.165, 1.54) is 30.4 Å². The smallest absolute Gasteiger partial charge is 0.230 e. The highest BCUT2D eigenvalue weighted by atomic mass is 79.9. The van der Waals surface area contributed by atoms with E-state index < -0.39 is 0 Å². The van der Waals surface area contributed by atoms with Gasteiger partial charge in [-0.1, -0.05) is 11.6 Å². The van der Waals surface area contributed by atoms with Crippen LogP contribution < -0.4 is 5.73 Å². The van der Waals surface area contributed by atoms with Crippen molar-refractivity contribution in [1.82, 2.24) is 5.16 Å². The molecule has 0 atom stereocenters. The van der Waals surface area contributed by atoms with Crippen molar-refractivity contribution in [3.63, 3.8) is 0 Å². The fourth-order valence-corrected chi connectivity index (χ4v) is 3.34. The molecule has 1 aromatic carbocycles. The third kappa shape index (κ3) is 2.12. The molecule has 0 saturated heterocycles. The standard InChI is InChI=1S/C14H15BrN2O2/c15-12-9-5-3-1-2-4-8(9)6-10(13(12)18)11-7-17-19-14(11)16/h6-7,18H,1-5,16H2. The van der Waals surface area contributed by atoms with Gasteiger partial charge in [0.05, 0.1) is 16.2 Å². The number of halogens is 1. The maximum absolute atomic E-state index is 10.4. The normalized spacial score (nSPS) is 15.0. The highest BCUT2D eigenvalue weighted by molar-refractivity contribution is 9.10. The zero-order valence-electron chi connectivity index (χ0n) is 10.4. The van der Waals surface area contributed by atoms with Crippen molar-refractivity contribution in [3.05, 3.63) is 27.9 Å². The van der Waals surface area contributed by atoms with Gasteiger partial charge in [-0.3, -0.25) is 0 Å². The molecule has 3 N–H and O–H groups in total. The molecule has 0 aliphatic heterocycles. The molecule has 5 heteroatoms. The van der Waals surface area contributed by atoms with Crippen LogP contribution in [0.3, 0.4) is 0 Å². The molecule has 0 spiro atoms. The summed E-state index contributed by atoms with van der Waals surface area (Å²) in [4.78, 5) is 0. The number of phenols is 1. The summed E-state index contributed by atoms with van der Waals surface area (Å²) in [6.07, 6.45) is 7.16. The minimum absolute atomic E-state index is 0.218. The summed E-state index contributed by atoms with van der Waals surface area (Å²) in [7, 11) is 0. The van der Waals surface area contributed by atoms with Crippen molar-refractivity contribution in [2.75, 3.05) is 5.73 Å². The van der Waals surface area contributed by atoms with Gasteiger partial charge in [0.15, 0.2) is 0 Å². The summed E-state index contributed by atoms with van der Waals surface area (Å²) in [5.41, 5.74) is 9.57. The van der Waals surface area contributed by atoms with Crippen molar-refractivity contribution in [2.45, 2.75) is 32.1 Å². The van der Waals surface area contributed by atoms with Crippen LogP contribution in [0.2, 0.25) is 0 Å². The van der Waals surface area contributed by atoms with E-state index in [2.05, 4.69) is 21.1 Å². The van der Waals surface area contributed by atoms with Gasteiger partial charge in [-0.2, -0.15) is 0 Å². The van der Waals surface area contributed by atoms with Crippen molar-refractivity contribution in [1.29, 1.82) is 0 Å². The van der Waals surface area contributed by atoms with Crippen LogP contribution in [-0.2, 0) is 12.8 Å². The molecule has 3 rings (SSSR count). The van der Waals surface area contributed by atoms with Crippen molar-refractivity contribution < 1.29 is 9.63 Å². The van der Waals surface area contributed by atoms with Gasteiger partial charge in [-0.05, 0) is 58.8 Å². The first-order valence-electron chi connectivity index (χ1n) is 6.42. The Morgan fingerprint density at radius 1 is 1.21 bits per heavy atom. The van der Waals surface area contributed by atoms with E-state index in [1.807, 2.05) is 6.07 Å². The Hall–Kier alpha value is -1.49. The van der Waals surface area contributed by atoms with Gasteiger partial charge in [-0.15, -0.1) is 0 Å². The molecular formula is C14H15BrN2O2. The Kier molecular flexibility index (Phi) is 3.22. The number of aromatic hydroxyl groups is 1. The molecule has 1 aliphatic carbocycles. The summed E-state index contributed by atoms with van der Waals surface area (Å²) >= 11 is 3.52.